The van der Waals surface area contributed by atoms with E-state index < -0.39 is 0 Å². The summed E-state index contributed by atoms with van der Waals surface area (Å²) in [6.07, 6.45) is 0. The van der Waals surface area contributed by atoms with Gasteiger partial charge < -0.3 is 15.5 Å². The number of carbonyl (C=O) groups excluding carboxylic acids is 1. The summed E-state index contributed by atoms with van der Waals surface area (Å²) in [7, 11) is 0. The molecule has 13 heavy (non-hydrogen) atoms. The Hall–Kier alpha value is -0.480. The molecule has 0 aliphatic carbocycles. The van der Waals surface area contributed by atoms with Crippen LogP contribution in [0.3, 0.4) is 0 Å². The normalized spacial score (nSPS) is 22.0. The van der Waals surface area contributed by atoms with Gasteiger partial charge in [-0.15, -0.1) is 12.4 Å². The lowest BCUT2D eigenvalue weighted by Gasteiger charge is -2.33. The fourth-order valence-corrected chi connectivity index (χ4v) is 1.40. The molecule has 2 amide bonds. The van der Waals surface area contributed by atoms with Crippen LogP contribution < -0.4 is 10.6 Å². The number of hydrogen-bond donors (Lipinski definition) is 2. The molecule has 1 heterocycles. The summed E-state index contributed by atoms with van der Waals surface area (Å²) in [4.78, 5) is 13.3. The quantitative estimate of drug-likeness (QED) is 0.655. The van der Waals surface area contributed by atoms with E-state index in [0.717, 1.165) is 19.6 Å². The Kier molecular flexibility index (Phi) is 5.82. The van der Waals surface area contributed by atoms with Crippen LogP contribution in [0.2, 0.25) is 0 Å². The van der Waals surface area contributed by atoms with Crippen LogP contribution in [-0.4, -0.2) is 43.2 Å². The first kappa shape index (κ1) is 12.5. The molecule has 0 bridgehead atoms. The second kappa shape index (κ2) is 6.05. The molecule has 1 aliphatic heterocycles. The zero-order valence-electron chi connectivity index (χ0n) is 8.17. The summed E-state index contributed by atoms with van der Waals surface area (Å²) in [5.74, 6) is 0. The van der Waals surface area contributed by atoms with E-state index in [9.17, 15) is 4.79 Å². The van der Waals surface area contributed by atoms with Gasteiger partial charge in [-0.1, -0.05) is 0 Å². The van der Waals surface area contributed by atoms with E-state index in [2.05, 4.69) is 17.6 Å². The van der Waals surface area contributed by atoms with Crippen LogP contribution in [-0.2, 0) is 0 Å². The van der Waals surface area contributed by atoms with Crippen LogP contribution in [0.1, 0.15) is 13.8 Å². The van der Waals surface area contributed by atoms with Crippen molar-refractivity contribution in [1.82, 2.24) is 15.5 Å². The third-order valence-corrected chi connectivity index (χ3v) is 2.09. The van der Waals surface area contributed by atoms with E-state index in [-0.39, 0.29) is 18.4 Å². The molecule has 0 spiro atoms. The van der Waals surface area contributed by atoms with E-state index in [0.29, 0.717) is 12.6 Å². The molecule has 0 aromatic rings. The first-order chi connectivity index (χ1) is 5.75. The highest BCUT2D eigenvalue weighted by molar-refractivity contribution is 5.85. The van der Waals surface area contributed by atoms with Gasteiger partial charge in [0, 0.05) is 32.2 Å². The van der Waals surface area contributed by atoms with Crippen molar-refractivity contribution >= 4 is 18.4 Å². The number of nitrogens with zero attached hydrogens (tertiary/aromatic N) is 1. The predicted octanol–water partition coefficient (Wildman–Crippen LogP) is 0.431. The molecule has 4 nitrogen and oxygen atoms in total. The molecule has 0 aromatic carbocycles. The van der Waals surface area contributed by atoms with Crippen LogP contribution in [0.25, 0.3) is 0 Å². The van der Waals surface area contributed by atoms with Crippen LogP contribution >= 0.6 is 12.4 Å². The Morgan fingerprint density at radius 3 is 2.92 bits per heavy atom. The van der Waals surface area contributed by atoms with E-state index in [1.165, 1.54) is 0 Å². The Morgan fingerprint density at radius 1 is 1.69 bits per heavy atom. The molecule has 1 aliphatic rings. The Bertz CT molecular complexity index is 165. The summed E-state index contributed by atoms with van der Waals surface area (Å²) in [5, 5.41) is 6.04. The number of hydrogen-bond acceptors (Lipinski definition) is 2. The lowest BCUT2D eigenvalue weighted by molar-refractivity contribution is 0.165. The van der Waals surface area contributed by atoms with Crippen molar-refractivity contribution in [2.45, 2.75) is 19.9 Å². The van der Waals surface area contributed by atoms with Gasteiger partial charge in [-0.05, 0) is 13.8 Å². The van der Waals surface area contributed by atoms with Gasteiger partial charge in [-0.3, -0.25) is 0 Å². The topological polar surface area (TPSA) is 44.4 Å². The molecule has 5 heteroatoms. The van der Waals surface area contributed by atoms with Gasteiger partial charge in [0.2, 0.25) is 0 Å². The fourth-order valence-electron chi connectivity index (χ4n) is 1.40. The molecule has 1 atom stereocenters. The second-order valence-electron chi connectivity index (χ2n) is 3.08. The SMILES string of the molecule is CCNC(=O)N1CCNCC1C.Cl. The maximum atomic E-state index is 11.4. The summed E-state index contributed by atoms with van der Waals surface area (Å²) in [5.41, 5.74) is 0. The van der Waals surface area contributed by atoms with Crippen molar-refractivity contribution in [3.05, 3.63) is 0 Å². The second-order valence-corrected chi connectivity index (χ2v) is 3.08. The highest BCUT2D eigenvalue weighted by Crippen LogP contribution is 2.01. The zero-order chi connectivity index (χ0) is 8.97. The van der Waals surface area contributed by atoms with Crippen molar-refractivity contribution in [2.24, 2.45) is 0 Å². The maximum absolute atomic E-state index is 11.4. The van der Waals surface area contributed by atoms with Gasteiger partial charge in [0.15, 0.2) is 0 Å². The number of piperazine rings is 1. The number of nitrogens with one attached hydrogen (secondary N) is 2. The minimum Gasteiger partial charge on any atom is -0.338 e. The number of urea groups is 1. The number of halogens is 1. The van der Waals surface area contributed by atoms with Crippen LogP contribution in [0.5, 0.6) is 0 Å². The van der Waals surface area contributed by atoms with Crippen LogP contribution in [0.4, 0.5) is 4.79 Å². The number of amides is 2. The minimum absolute atomic E-state index is 0. The first-order valence-corrected chi connectivity index (χ1v) is 4.51. The van der Waals surface area contributed by atoms with Gasteiger partial charge in [-0.25, -0.2) is 4.79 Å². The molecular formula is C8H18ClN3O. The van der Waals surface area contributed by atoms with Gasteiger partial charge >= 0.3 is 6.03 Å². The predicted molar refractivity (Wildman–Crippen MR) is 55.4 cm³/mol. The van der Waals surface area contributed by atoms with E-state index >= 15 is 0 Å². The highest BCUT2D eigenvalue weighted by atomic mass is 35.5. The van der Waals surface area contributed by atoms with Crippen molar-refractivity contribution in [3.63, 3.8) is 0 Å². The Morgan fingerprint density at radius 2 is 2.38 bits per heavy atom. The fraction of sp³-hybridized carbons (Fsp3) is 0.875. The first-order valence-electron chi connectivity index (χ1n) is 4.51. The van der Waals surface area contributed by atoms with Crippen molar-refractivity contribution in [2.75, 3.05) is 26.2 Å². The number of carbonyl (C=O) groups is 1. The smallest absolute Gasteiger partial charge is 0.317 e. The molecule has 78 valence electrons. The largest absolute Gasteiger partial charge is 0.338 e. The summed E-state index contributed by atoms with van der Waals surface area (Å²) < 4.78 is 0. The molecule has 1 fully saturated rings. The van der Waals surface area contributed by atoms with Crippen molar-refractivity contribution in [1.29, 1.82) is 0 Å². The summed E-state index contributed by atoms with van der Waals surface area (Å²) >= 11 is 0. The molecule has 0 aromatic heterocycles. The van der Waals surface area contributed by atoms with Crippen LogP contribution in [0.15, 0.2) is 0 Å². The lowest BCUT2D eigenvalue weighted by Crippen LogP contribution is -2.55. The maximum Gasteiger partial charge on any atom is 0.317 e. The average Bonchev–Trinajstić information content (AvgIpc) is 2.05. The molecule has 0 saturated carbocycles. The number of rotatable bonds is 1. The Labute approximate surface area is 85.5 Å². The van der Waals surface area contributed by atoms with E-state index in [1.54, 1.807) is 0 Å². The van der Waals surface area contributed by atoms with Crippen LogP contribution in [0, 0.1) is 0 Å². The molecule has 2 N–H and O–H groups in total. The molecule has 1 saturated heterocycles. The highest BCUT2D eigenvalue weighted by Gasteiger charge is 2.21. The van der Waals surface area contributed by atoms with Crippen molar-refractivity contribution in [3.8, 4) is 0 Å². The summed E-state index contributed by atoms with van der Waals surface area (Å²) in [6, 6.07) is 0.372. The third-order valence-electron chi connectivity index (χ3n) is 2.09. The standard InChI is InChI=1S/C8H17N3O.ClH/c1-3-10-8(12)11-5-4-9-6-7(11)2;/h7,9H,3-6H2,1-2H3,(H,10,12);1H. The third kappa shape index (κ3) is 3.40. The van der Waals surface area contributed by atoms with Gasteiger partial charge in [0.25, 0.3) is 0 Å². The van der Waals surface area contributed by atoms with Crippen molar-refractivity contribution < 1.29 is 4.79 Å². The molecule has 1 rings (SSSR count). The zero-order valence-corrected chi connectivity index (χ0v) is 8.99. The van der Waals surface area contributed by atoms with Gasteiger partial charge in [0.1, 0.15) is 0 Å². The Balaban J connectivity index is 0.00000144. The average molecular weight is 208 g/mol. The molecular weight excluding hydrogens is 190 g/mol. The van der Waals surface area contributed by atoms with Gasteiger partial charge in [-0.2, -0.15) is 0 Å². The van der Waals surface area contributed by atoms with E-state index in [1.807, 2.05) is 11.8 Å². The lowest BCUT2D eigenvalue weighted by atomic mass is 10.2. The van der Waals surface area contributed by atoms with E-state index in [4.69, 9.17) is 0 Å². The minimum atomic E-state index is 0. The molecule has 0 radical (unpaired) electrons. The van der Waals surface area contributed by atoms with Gasteiger partial charge in [0.05, 0.1) is 0 Å². The monoisotopic (exact) mass is 207 g/mol. The molecule has 1 unspecified atom stereocenters. The summed E-state index contributed by atoms with van der Waals surface area (Å²) in [6.45, 7) is 7.31.